The quantitative estimate of drug-likeness (QED) is 0.792. The molecule has 2 aromatic rings. The van der Waals surface area contributed by atoms with Gasteiger partial charge in [-0.1, -0.05) is 33.9 Å². The molecule has 0 spiro atoms. The summed E-state index contributed by atoms with van der Waals surface area (Å²) in [5, 5.41) is 0.240. The smallest absolute Gasteiger partial charge is 0.165 e. The first-order valence-electron chi connectivity index (χ1n) is 6.52. The molecule has 2 heterocycles. The minimum absolute atomic E-state index is 0.240. The standard InChI is InChI=1S/C13H23N5Si/c1-13(2,3)19(6,7)18-9-16-10-11(17(4)5)14-8-15-12(10)18/h8-9H,1-7H3. The van der Waals surface area contributed by atoms with Crippen molar-refractivity contribution in [1.82, 2.24) is 19.2 Å². The van der Waals surface area contributed by atoms with Gasteiger partial charge in [0, 0.05) is 14.1 Å². The van der Waals surface area contributed by atoms with Gasteiger partial charge in [-0.15, -0.1) is 0 Å². The van der Waals surface area contributed by atoms with E-state index in [9.17, 15) is 0 Å². The van der Waals surface area contributed by atoms with Crippen LogP contribution >= 0.6 is 0 Å². The lowest BCUT2D eigenvalue weighted by atomic mass is 10.2. The maximum atomic E-state index is 4.55. The number of fused-ring (bicyclic) bond motifs is 1. The zero-order valence-corrected chi connectivity index (χ0v) is 13.9. The number of hydrogen-bond acceptors (Lipinski definition) is 4. The molecular weight excluding hydrogens is 254 g/mol. The Labute approximate surface area is 115 Å². The van der Waals surface area contributed by atoms with Crippen molar-refractivity contribution in [2.75, 3.05) is 19.0 Å². The van der Waals surface area contributed by atoms with Gasteiger partial charge in [0.15, 0.2) is 19.7 Å². The third kappa shape index (κ3) is 2.14. The van der Waals surface area contributed by atoms with Gasteiger partial charge < -0.3 is 9.13 Å². The summed E-state index contributed by atoms with van der Waals surface area (Å²) < 4.78 is 2.29. The van der Waals surface area contributed by atoms with Crippen LogP contribution < -0.4 is 4.90 Å². The van der Waals surface area contributed by atoms with Gasteiger partial charge in [0.25, 0.3) is 0 Å². The number of rotatable bonds is 2. The number of nitrogens with zero attached hydrogens (tertiary/aromatic N) is 5. The van der Waals surface area contributed by atoms with E-state index in [2.05, 4.69) is 53.0 Å². The first-order chi connectivity index (χ1) is 8.66. The Bertz CT molecular complexity index is 595. The van der Waals surface area contributed by atoms with E-state index in [0.29, 0.717) is 0 Å². The second kappa shape index (κ2) is 4.30. The van der Waals surface area contributed by atoms with Crippen molar-refractivity contribution in [3.63, 3.8) is 0 Å². The molecule has 0 aliphatic carbocycles. The van der Waals surface area contributed by atoms with E-state index in [1.54, 1.807) is 6.33 Å². The highest BCUT2D eigenvalue weighted by Crippen LogP contribution is 2.38. The average Bonchev–Trinajstić information content (AvgIpc) is 2.70. The summed E-state index contributed by atoms with van der Waals surface area (Å²) in [6.45, 7) is 11.6. The van der Waals surface area contributed by atoms with Gasteiger partial charge in [-0.2, -0.15) is 0 Å². The summed E-state index contributed by atoms with van der Waals surface area (Å²) in [6.07, 6.45) is 3.56. The summed E-state index contributed by atoms with van der Waals surface area (Å²) >= 11 is 0. The third-order valence-corrected chi connectivity index (χ3v) is 9.38. The SMILES string of the molecule is CN(C)c1ncnc2c1ncn2[Si](C)(C)C(C)(C)C. The van der Waals surface area contributed by atoms with Gasteiger partial charge in [0.1, 0.15) is 11.8 Å². The minimum Gasteiger partial charge on any atom is -0.361 e. The molecule has 5 nitrogen and oxygen atoms in total. The molecule has 0 saturated carbocycles. The van der Waals surface area contributed by atoms with Crippen LogP contribution in [0.1, 0.15) is 20.8 Å². The molecule has 0 N–H and O–H groups in total. The van der Waals surface area contributed by atoms with Crippen molar-refractivity contribution in [2.24, 2.45) is 0 Å². The first-order valence-corrected chi connectivity index (χ1v) is 9.47. The van der Waals surface area contributed by atoms with E-state index < -0.39 is 8.24 Å². The summed E-state index contributed by atoms with van der Waals surface area (Å²) in [7, 11) is 2.25. The van der Waals surface area contributed by atoms with E-state index in [1.807, 2.05) is 25.3 Å². The van der Waals surface area contributed by atoms with Gasteiger partial charge in [-0.25, -0.2) is 15.0 Å². The fraction of sp³-hybridized carbons (Fsp3) is 0.615. The maximum absolute atomic E-state index is 4.55. The summed E-state index contributed by atoms with van der Waals surface area (Å²) in [4.78, 5) is 15.3. The predicted molar refractivity (Wildman–Crippen MR) is 82.2 cm³/mol. The molecule has 0 radical (unpaired) electrons. The maximum Gasteiger partial charge on any atom is 0.165 e. The van der Waals surface area contributed by atoms with Gasteiger partial charge >= 0.3 is 0 Å². The van der Waals surface area contributed by atoms with Crippen LogP contribution in [0.5, 0.6) is 0 Å². The molecule has 2 aromatic heterocycles. The first kappa shape index (κ1) is 14.0. The Kier molecular flexibility index (Phi) is 3.16. The highest BCUT2D eigenvalue weighted by atomic mass is 28.3. The molecule has 2 rings (SSSR count). The predicted octanol–water partition coefficient (Wildman–Crippen LogP) is 2.75. The van der Waals surface area contributed by atoms with Gasteiger partial charge in [0.05, 0.1) is 6.33 Å². The molecule has 0 unspecified atom stereocenters. The lowest BCUT2D eigenvalue weighted by Crippen LogP contribution is -2.45. The third-order valence-electron chi connectivity index (χ3n) is 4.18. The number of aromatic nitrogens is 4. The highest BCUT2D eigenvalue weighted by molar-refractivity contribution is 6.79. The largest absolute Gasteiger partial charge is 0.361 e. The summed E-state index contributed by atoms with van der Waals surface area (Å²) in [6, 6.07) is 0. The van der Waals surface area contributed by atoms with Crippen LogP contribution in [0.3, 0.4) is 0 Å². The van der Waals surface area contributed by atoms with Crippen LogP contribution in [0.4, 0.5) is 5.82 Å². The lowest BCUT2D eigenvalue weighted by Gasteiger charge is -2.37. The summed E-state index contributed by atoms with van der Waals surface area (Å²) in [5.74, 6) is 0.877. The normalized spacial score (nSPS) is 13.0. The number of imidazole rings is 1. The van der Waals surface area contributed by atoms with Crippen molar-refractivity contribution >= 4 is 25.2 Å². The van der Waals surface area contributed by atoms with Crippen molar-refractivity contribution in [3.8, 4) is 0 Å². The Morgan fingerprint density at radius 2 is 1.74 bits per heavy atom. The molecule has 19 heavy (non-hydrogen) atoms. The number of hydrogen-bond donors (Lipinski definition) is 0. The van der Waals surface area contributed by atoms with E-state index in [0.717, 1.165) is 17.0 Å². The fourth-order valence-electron chi connectivity index (χ4n) is 1.92. The molecule has 6 heteroatoms. The molecule has 0 aromatic carbocycles. The molecule has 104 valence electrons. The molecule has 0 aliphatic heterocycles. The van der Waals surface area contributed by atoms with Crippen LogP contribution in [-0.4, -0.2) is 41.5 Å². The van der Waals surface area contributed by atoms with E-state index in [-0.39, 0.29) is 5.04 Å². The zero-order chi connectivity index (χ0) is 14.4. The zero-order valence-electron chi connectivity index (χ0n) is 12.9. The Morgan fingerprint density at radius 1 is 1.11 bits per heavy atom. The molecular formula is C13H23N5Si. The van der Waals surface area contributed by atoms with Crippen molar-refractivity contribution in [1.29, 1.82) is 0 Å². The van der Waals surface area contributed by atoms with Gasteiger partial charge in [-0.05, 0) is 5.04 Å². The highest BCUT2D eigenvalue weighted by Gasteiger charge is 2.39. The minimum atomic E-state index is -1.71. The van der Waals surface area contributed by atoms with Crippen LogP contribution in [0.2, 0.25) is 18.1 Å². The fourth-order valence-corrected chi connectivity index (χ4v) is 3.68. The topological polar surface area (TPSA) is 46.8 Å². The Balaban J connectivity index is 2.69. The second-order valence-corrected chi connectivity index (χ2v) is 11.8. The van der Waals surface area contributed by atoms with E-state index in [1.165, 1.54) is 0 Å². The molecule has 0 bridgehead atoms. The van der Waals surface area contributed by atoms with Crippen LogP contribution in [-0.2, 0) is 0 Å². The molecule has 0 saturated heterocycles. The summed E-state index contributed by atoms with van der Waals surface area (Å²) in [5.41, 5.74) is 1.84. The van der Waals surface area contributed by atoms with Crippen LogP contribution in [0.15, 0.2) is 12.7 Å². The Hall–Kier alpha value is -1.43. The molecule has 0 atom stereocenters. The van der Waals surface area contributed by atoms with Crippen molar-refractivity contribution in [3.05, 3.63) is 12.7 Å². The molecule has 0 aliphatic rings. The number of anilines is 1. The van der Waals surface area contributed by atoms with E-state index in [4.69, 9.17) is 0 Å². The Morgan fingerprint density at radius 3 is 2.26 bits per heavy atom. The van der Waals surface area contributed by atoms with Crippen molar-refractivity contribution < 1.29 is 0 Å². The van der Waals surface area contributed by atoms with Crippen LogP contribution in [0, 0.1) is 0 Å². The van der Waals surface area contributed by atoms with Gasteiger partial charge in [-0.3, -0.25) is 0 Å². The monoisotopic (exact) mass is 277 g/mol. The lowest BCUT2D eigenvalue weighted by molar-refractivity contribution is 0.701. The second-order valence-electron chi connectivity index (χ2n) is 6.69. The molecule has 0 fully saturated rings. The van der Waals surface area contributed by atoms with E-state index >= 15 is 0 Å². The van der Waals surface area contributed by atoms with Gasteiger partial charge in [0.2, 0.25) is 0 Å². The average molecular weight is 277 g/mol. The molecule has 0 amide bonds. The van der Waals surface area contributed by atoms with Crippen LogP contribution in [0.25, 0.3) is 11.2 Å². The van der Waals surface area contributed by atoms with Crippen molar-refractivity contribution in [2.45, 2.75) is 38.9 Å².